The van der Waals surface area contributed by atoms with Gasteiger partial charge >= 0.3 is 0 Å². The molecule has 7 heteroatoms. The van der Waals surface area contributed by atoms with E-state index >= 15 is 0 Å². The number of hydrogen-bond donors (Lipinski definition) is 2. The van der Waals surface area contributed by atoms with Gasteiger partial charge in [0.05, 0.1) is 10.6 Å². The molecular weight excluding hydrogens is 313 g/mol. The van der Waals surface area contributed by atoms with Gasteiger partial charge in [-0.25, -0.2) is 12.8 Å². The molecule has 0 bridgehead atoms. The van der Waals surface area contributed by atoms with Crippen LogP contribution < -0.4 is 5.32 Å². The zero-order valence-electron chi connectivity index (χ0n) is 11.7. The monoisotopic (exact) mass is 333 g/mol. The summed E-state index contributed by atoms with van der Waals surface area (Å²) in [6, 6.07) is 3.77. The van der Waals surface area contributed by atoms with Crippen LogP contribution in [0.15, 0.2) is 23.1 Å². The lowest BCUT2D eigenvalue weighted by atomic mass is 10.0. The minimum Gasteiger partial charge on any atom is -0.396 e. The molecule has 0 radical (unpaired) electrons. The number of rotatable bonds is 7. The fraction of sp³-hybridized carbons (Fsp3) is 0.571. The molecule has 2 N–H and O–H groups in total. The predicted molar refractivity (Wildman–Crippen MR) is 82.8 cm³/mol. The molecule has 4 nitrogen and oxygen atoms in total. The van der Waals surface area contributed by atoms with Gasteiger partial charge in [-0.3, -0.25) is 0 Å². The average molecular weight is 333 g/mol. The van der Waals surface area contributed by atoms with E-state index in [-0.39, 0.29) is 23.3 Å². The predicted octanol–water partition coefficient (Wildman–Crippen LogP) is 1.75. The molecule has 1 heterocycles. The first-order chi connectivity index (χ1) is 10.0. The van der Waals surface area contributed by atoms with Crippen molar-refractivity contribution in [2.24, 2.45) is 0 Å². The lowest BCUT2D eigenvalue weighted by molar-refractivity contribution is 0.296. The van der Waals surface area contributed by atoms with Crippen LogP contribution in [0.5, 0.6) is 0 Å². The number of halogens is 1. The second kappa shape index (κ2) is 7.58. The van der Waals surface area contributed by atoms with E-state index in [1.165, 1.54) is 18.2 Å². The largest absolute Gasteiger partial charge is 0.396 e. The summed E-state index contributed by atoms with van der Waals surface area (Å²) >= 11 is 1.74. The van der Waals surface area contributed by atoms with Crippen molar-refractivity contribution in [3.63, 3.8) is 0 Å². The summed E-state index contributed by atoms with van der Waals surface area (Å²) in [5, 5.41) is 12.0. The van der Waals surface area contributed by atoms with Gasteiger partial charge in [-0.05, 0) is 42.4 Å². The Labute approximate surface area is 129 Å². The summed E-state index contributed by atoms with van der Waals surface area (Å²) in [7, 11) is -3.27. The van der Waals surface area contributed by atoms with Crippen molar-refractivity contribution in [2.45, 2.75) is 23.8 Å². The van der Waals surface area contributed by atoms with E-state index in [4.69, 9.17) is 5.11 Å². The molecule has 2 rings (SSSR count). The topological polar surface area (TPSA) is 66.4 Å². The number of hydrogen-bond acceptors (Lipinski definition) is 5. The maximum atomic E-state index is 13.4. The van der Waals surface area contributed by atoms with Gasteiger partial charge in [-0.2, -0.15) is 11.8 Å². The molecule has 0 aliphatic carbocycles. The molecule has 1 atom stereocenters. The molecule has 0 amide bonds. The van der Waals surface area contributed by atoms with Crippen molar-refractivity contribution >= 4 is 21.6 Å². The van der Waals surface area contributed by atoms with Gasteiger partial charge in [-0.1, -0.05) is 0 Å². The molecule has 1 unspecified atom stereocenters. The zero-order chi connectivity index (χ0) is 15.3. The Hall–Kier alpha value is -0.630. The van der Waals surface area contributed by atoms with Gasteiger partial charge in [0.25, 0.3) is 0 Å². The Morgan fingerprint density at radius 1 is 1.38 bits per heavy atom. The van der Waals surface area contributed by atoms with E-state index in [0.29, 0.717) is 12.0 Å². The summed E-state index contributed by atoms with van der Waals surface area (Å²) in [4.78, 5) is 0.251. The first-order valence-corrected chi connectivity index (χ1v) is 9.79. The van der Waals surface area contributed by atoms with Gasteiger partial charge in [0, 0.05) is 24.9 Å². The normalized spacial score (nSPS) is 20.2. The van der Waals surface area contributed by atoms with Gasteiger partial charge in [0.15, 0.2) is 9.84 Å². The SMILES string of the molecule is O=S1(=O)CCC(NCCSCCCO)c2cc(F)ccc21. The molecule has 1 aliphatic rings. The second-order valence-corrected chi connectivity index (χ2v) is 8.29. The first-order valence-electron chi connectivity index (χ1n) is 6.99. The maximum absolute atomic E-state index is 13.4. The fourth-order valence-corrected chi connectivity index (χ4v) is 4.80. The van der Waals surface area contributed by atoms with Crippen molar-refractivity contribution < 1.29 is 17.9 Å². The van der Waals surface area contributed by atoms with E-state index in [1.54, 1.807) is 11.8 Å². The quantitative estimate of drug-likeness (QED) is 0.588. The fourth-order valence-electron chi connectivity index (χ4n) is 2.40. The van der Waals surface area contributed by atoms with Crippen LogP contribution in [0.3, 0.4) is 0 Å². The Morgan fingerprint density at radius 2 is 2.19 bits per heavy atom. The van der Waals surface area contributed by atoms with Crippen LogP contribution in [0.4, 0.5) is 4.39 Å². The lowest BCUT2D eigenvalue weighted by Crippen LogP contribution is -2.31. The van der Waals surface area contributed by atoms with Gasteiger partial charge in [-0.15, -0.1) is 0 Å². The van der Waals surface area contributed by atoms with Crippen molar-refractivity contribution in [1.29, 1.82) is 0 Å². The highest BCUT2D eigenvalue weighted by Gasteiger charge is 2.30. The van der Waals surface area contributed by atoms with Crippen LogP contribution in [-0.4, -0.2) is 43.9 Å². The Morgan fingerprint density at radius 3 is 2.95 bits per heavy atom. The zero-order valence-corrected chi connectivity index (χ0v) is 13.4. The van der Waals surface area contributed by atoms with Crippen LogP contribution in [0.25, 0.3) is 0 Å². The Bertz CT molecular complexity index is 578. The highest BCUT2D eigenvalue weighted by molar-refractivity contribution is 7.99. The van der Waals surface area contributed by atoms with Crippen LogP contribution >= 0.6 is 11.8 Å². The first kappa shape index (κ1) is 16.7. The van der Waals surface area contributed by atoms with Gasteiger partial charge in [0.2, 0.25) is 0 Å². The minimum absolute atomic E-state index is 0.0982. The smallest absolute Gasteiger partial charge is 0.178 e. The molecule has 0 spiro atoms. The third-order valence-electron chi connectivity index (χ3n) is 3.44. The number of fused-ring (bicyclic) bond motifs is 1. The Balaban J connectivity index is 1.98. The average Bonchev–Trinajstić information content (AvgIpc) is 2.44. The summed E-state index contributed by atoms with van der Waals surface area (Å²) in [6.45, 7) is 0.935. The van der Waals surface area contributed by atoms with Crippen molar-refractivity contribution in [1.82, 2.24) is 5.32 Å². The third kappa shape index (κ3) is 4.42. The molecule has 0 fully saturated rings. The van der Waals surface area contributed by atoms with E-state index in [1.807, 2.05) is 0 Å². The Kier molecular flexibility index (Phi) is 6.04. The molecule has 1 aromatic carbocycles. The van der Waals surface area contributed by atoms with Crippen molar-refractivity contribution in [2.75, 3.05) is 30.4 Å². The van der Waals surface area contributed by atoms with Crippen LogP contribution in [0.2, 0.25) is 0 Å². The van der Waals surface area contributed by atoms with Gasteiger partial charge in [0.1, 0.15) is 5.82 Å². The molecule has 118 valence electrons. The lowest BCUT2D eigenvalue weighted by Gasteiger charge is -2.26. The maximum Gasteiger partial charge on any atom is 0.178 e. The molecule has 0 aromatic heterocycles. The number of nitrogens with one attached hydrogen (secondary N) is 1. The van der Waals surface area contributed by atoms with Crippen LogP contribution in [0, 0.1) is 5.82 Å². The molecule has 0 saturated heterocycles. The minimum atomic E-state index is -3.27. The van der Waals surface area contributed by atoms with Gasteiger partial charge < -0.3 is 10.4 Å². The summed E-state index contributed by atoms with van der Waals surface area (Å²) in [5.74, 6) is 1.48. The molecule has 0 saturated carbocycles. The number of thioether (sulfide) groups is 1. The second-order valence-electron chi connectivity index (χ2n) is 4.99. The highest BCUT2D eigenvalue weighted by Crippen LogP contribution is 2.32. The standard InChI is InChI=1S/C14H20FNO3S2/c15-11-2-3-14-12(10-11)13(4-9-21(14,18)19)16-5-8-20-7-1-6-17/h2-3,10,13,16-17H,1,4-9H2. The van der Waals surface area contributed by atoms with Crippen molar-refractivity contribution in [3.05, 3.63) is 29.6 Å². The molecule has 1 aromatic rings. The summed E-state index contributed by atoms with van der Waals surface area (Å²) in [6.07, 6.45) is 1.25. The number of aliphatic hydroxyl groups excluding tert-OH is 1. The van der Waals surface area contributed by atoms with Crippen LogP contribution in [-0.2, 0) is 9.84 Å². The van der Waals surface area contributed by atoms with E-state index in [9.17, 15) is 12.8 Å². The number of sulfone groups is 1. The molecule has 1 aliphatic heterocycles. The van der Waals surface area contributed by atoms with Crippen molar-refractivity contribution in [3.8, 4) is 0 Å². The summed E-state index contributed by atoms with van der Waals surface area (Å²) in [5.41, 5.74) is 0.543. The molecular formula is C14H20FNO3S2. The van der Waals surface area contributed by atoms with Crippen LogP contribution in [0.1, 0.15) is 24.4 Å². The highest BCUT2D eigenvalue weighted by atomic mass is 32.2. The third-order valence-corrected chi connectivity index (χ3v) is 6.33. The van der Waals surface area contributed by atoms with E-state index in [0.717, 1.165) is 24.5 Å². The number of benzene rings is 1. The molecule has 21 heavy (non-hydrogen) atoms. The number of aliphatic hydroxyl groups is 1. The van der Waals surface area contributed by atoms with E-state index in [2.05, 4.69) is 5.32 Å². The summed E-state index contributed by atoms with van der Waals surface area (Å²) < 4.78 is 37.4. The van der Waals surface area contributed by atoms with E-state index < -0.39 is 15.7 Å².